The van der Waals surface area contributed by atoms with Gasteiger partial charge in [-0.15, -0.1) is 0 Å². The molecule has 4 rings (SSSR count). The lowest BCUT2D eigenvalue weighted by atomic mass is 10.1. The molecule has 0 unspecified atom stereocenters. The van der Waals surface area contributed by atoms with Crippen molar-refractivity contribution in [2.75, 3.05) is 6.61 Å². The summed E-state index contributed by atoms with van der Waals surface area (Å²) in [5.74, 6) is 1.59. The predicted molar refractivity (Wildman–Crippen MR) is 144 cm³/mol. The first kappa shape index (κ1) is 26.0. The van der Waals surface area contributed by atoms with Crippen LogP contribution in [0.4, 0.5) is 5.69 Å². The highest BCUT2D eigenvalue weighted by Crippen LogP contribution is 2.32. The molecule has 0 bridgehead atoms. The molecule has 0 fully saturated rings. The van der Waals surface area contributed by atoms with Crippen molar-refractivity contribution in [1.29, 1.82) is 0 Å². The van der Waals surface area contributed by atoms with Gasteiger partial charge in [0.2, 0.25) is 5.88 Å². The topological polar surface area (TPSA) is 122 Å². The third kappa shape index (κ3) is 5.83. The molecule has 4 aromatic rings. The van der Waals surface area contributed by atoms with Crippen LogP contribution in [0.1, 0.15) is 44.5 Å². The molecule has 0 radical (unpaired) electrons. The lowest BCUT2D eigenvalue weighted by Gasteiger charge is -2.14. The Morgan fingerprint density at radius 3 is 2.65 bits per heavy atom. The molecule has 0 aliphatic rings. The first-order chi connectivity index (χ1) is 17.8. The van der Waals surface area contributed by atoms with Crippen molar-refractivity contribution in [2.24, 2.45) is 5.10 Å². The number of aromatic nitrogens is 3. The molecule has 190 valence electrons. The number of pyridine rings is 1. The lowest BCUT2D eigenvalue weighted by Crippen LogP contribution is -2.23. The van der Waals surface area contributed by atoms with E-state index in [4.69, 9.17) is 14.5 Å². The maximum atomic E-state index is 13.3. The van der Waals surface area contributed by atoms with Crippen LogP contribution in [0.2, 0.25) is 0 Å². The van der Waals surface area contributed by atoms with E-state index in [0.717, 1.165) is 17.1 Å². The molecule has 0 aliphatic heterocycles. The van der Waals surface area contributed by atoms with Gasteiger partial charge in [0, 0.05) is 22.5 Å². The van der Waals surface area contributed by atoms with E-state index in [-0.39, 0.29) is 23.0 Å². The first-order valence-electron chi connectivity index (χ1n) is 11.6. The van der Waals surface area contributed by atoms with E-state index in [2.05, 4.69) is 26.0 Å². The Hall–Kier alpha value is -4.12. The highest BCUT2D eigenvalue weighted by atomic mass is 79.9. The van der Waals surface area contributed by atoms with Gasteiger partial charge in [0.05, 0.1) is 28.6 Å². The molecule has 0 saturated heterocycles. The first-order valence-corrected chi connectivity index (χ1v) is 12.4. The second-order valence-electron chi connectivity index (χ2n) is 8.16. The fourth-order valence-electron chi connectivity index (χ4n) is 3.51. The number of rotatable bonds is 9. The van der Waals surface area contributed by atoms with Crippen LogP contribution in [-0.4, -0.2) is 32.4 Å². The van der Waals surface area contributed by atoms with Crippen molar-refractivity contribution in [3.8, 4) is 17.4 Å². The van der Waals surface area contributed by atoms with Crippen LogP contribution in [0.15, 0.2) is 69.1 Å². The Morgan fingerprint density at radius 2 is 1.97 bits per heavy atom. The van der Waals surface area contributed by atoms with E-state index in [1.54, 1.807) is 30.5 Å². The molecular weight excluding hydrogens is 542 g/mol. The predicted octanol–water partition coefficient (Wildman–Crippen LogP) is 6.05. The molecule has 2 aromatic heterocycles. The van der Waals surface area contributed by atoms with Gasteiger partial charge in [-0.3, -0.25) is 14.9 Å². The average Bonchev–Trinajstić information content (AvgIpc) is 2.89. The minimum Gasteiger partial charge on any atom is -0.490 e. The molecule has 2 heterocycles. The third-order valence-corrected chi connectivity index (χ3v) is 6.12. The summed E-state index contributed by atoms with van der Waals surface area (Å²) in [6.45, 7) is 6.25. The van der Waals surface area contributed by atoms with Crippen LogP contribution < -0.4 is 15.0 Å². The maximum Gasteiger partial charge on any atom is 0.287 e. The van der Waals surface area contributed by atoms with Crippen LogP contribution in [0.25, 0.3) is 10.9 Å². The maximum absolute atomic E-state index is 13.3. The molecule has 0 N–H and O–H groups in total. The minimum absolute atomic E-state index is 0.0156. The monoisotopic (exact) mass is 565 g/mol. The highest BCUT2D eigenvalue weighted by Gasteiger charge is 2.16. The van der Waals surface area contributed by atoms with Crippen LogP contribution >= 0.6 is 15.9 Å². The van der Waals surface area contributed by atoms with Crippen molar-refractivity contribution >= 4 is 38.7 Å². The second kappa shape index (κ2) is 11.3. The summed E-state index contributed by atoms with van der Waals surface area (Å²) in [5.41, 5.74) is 0.900. The molecule has 10 nitrogen and oxygen atoms in total. The average molecular weight is 566 g/mol. The summed E-state index contributed by atoms with van der Waals surface area (Å²) >= 11 is 3.42. The third-order valence-electron chi connectivity index (χ3n) is 5.62. The van der Waals surface area contributed by atoms with Crippen molar-refractivity contribution in [1.82, 2.24) is 14.6 Å². The minimum atomic E-state index is -0.529. The zero-order valence-corrected chi connectivity index (χ0v) is 22.0. The largest absolute Gasteiger partial charge is 0.490 e. The van der Waals surface area contributed by atoms with Gasteiger partial charge < -0.3 is 9.47 Å². The summed E-state index contributed by atoms with van der Waals surface area (Å²) in [4.78, 5) is 32.3. The summed E-state index contributed by atoms with van der Waals surface area (Å²) in [5, 5.41) is 15.8. The van der Waals surface area contributed by atoms with Crippen molar-refractivity contribution in [3.05, 3.63) is 91.1 Å². The van der Waals surface area contributed by atoms with E-state index in [9.17, 15) is 14.9 Å². The van der Waals surface area contributed by atoms with Gasteiger partial charge in [-0.25, -0.2) is 9.97 Å². The molecule has 2 aromatic carbocycles. The Bertz CT molecular complexity index is 1540. The zero-order valence-electron chi connectivity index (χ0n) is 20.4. The van der Waals surface area contributed by atoms with Gasteiger partial charge in [0.15, 0.2) is 11.5 Å². The van der Waals surface area contributed by atoms with Gasteiger partial charge in [-0.05, 0) is 55.3 Å². The Labute approximate surface area is 220 Å². The van der Waals surface area contributed by atoms with Crippen LogP contribution in [0, 0.1) is 10.1 Å². The fraction of sp³-hybridized carbons (Fsp3) is 0.231. The number of nitrogens with zero attached hydrogens (tertiary/aromatic N) is 5. The quantitative estimate of drug-likeness (QED) is 0.137. The summed E-state index contributed by atoms with van der Waals surface area (Å²) in [7, 11) is 0. The fourth-order valence-corrected chi connectivity index (χ4v) is 3.88. The van der Waals surface area contributed by atoms with Crippen LogP contribution in [0.3, 0.4) is 0 Å². The van der Waals surface area contributed by atoms with Crippen molar-refractivity contribution in [3.63, 3.8) is 0 Å². The number of hydrogen-bond acceptors (Lipinski definition) is 8. The van der Waals surface area contributed by atoms with Gasteiger partial charge in [-0.1, -0.05) is 29.8 Å². The van der Waals surface area contributed by atoms with E-state index in [1.165, 1.54) is 16.8 Å². The number of halogens is 1. The number of fused-ring (bicyclic) bond motifs is 1. The SMILES string of the molecule is CCOc1cc(C=Nn2c([C@H](C)CC)nc3ccc(Br)cc3c2=O)ccc1Oc1ccc([N+](=O)[O-])cn1. The number of benzene rings is 2. The zero-order chi connectivity index (χ0) is 26.5. The van der Waals surface area contributed by atoms with Crippen LogP contribution in [0.5, 0.6) is 17.4 Å². The molecule has 11 heteroatoms. The van der Waals surface area contributed by atoms with Crippen molar-refractivity contribution < 1.29 is 14.4 Å². The number of nitro groups is 1. The molecule has 0 amide bonds. The molecule has 0 spiro atoms. The summed E-state index contributed by atoms with van der Waals surface area (Å²) in [6, 6.07) is 13.3. The van der Waals surface area contributed by atoms with Gasteiger partial charge in [0.1, 0.15) is 12.0 Å². The standard InChI is InChI=1S/C26H24BrN5O5/c1-4-16(3)25-30-21-9-7-18(27)13-20(21)26(33)31(25)29-14-17-6-10-22(23(12-17)36-5-2)37-24-11-8-19(15-28-24)32(34)35/h6-16H,4-5H2,1-3H3/t16-/m1/s1. The normalized spacial score (nSPS) is 12.1. The Morgan fingerprint density at radius 1 is 1.16 bits per heavy atom. The smallest absolute Gasteiger partial charge is 0.287 e. The summed E-state index contributed by atoms with van der Waals surface area (Å²) < 4.78 is 13.6. The lowest BCUT2D eigenvalue weighted by molar-refractivity contribution is -0.385. The van der Waals surface area contributed by atoms with Gasteiger partial charge in [0.25, 0.3) is 11.2 Å². The second-order valence-corrected chi connectivity index (χ2v) is 9.07. The number of ether oxygens (including phenoxy) is 2. The Balaban J connectivity index is 1.69. The van der Waals surface area contributed by atoms with Crippen molar-refractivity contribution in [2.45, 2.75) is 33.1 Å². The number of hydrogen-bond donors (Lipinski definition) is 0. The summed E-state index contributed by atoms with van der Waals surface area (Å²) in [6.07, 6.45) is 3.48. The molecule has 0 aliphatic carbocycles. The van der Waals surface area contributed by atoms with Gasteiger partial charge in [-0.2, -0.15) is 9.78 Å². The van der Waals surface area contributed by atoms with Crippen LogP contribution in [-0.2, 0) is 0 Å². The van der Waals surface area contributed by atoms with E-state index >= 15 is 0 Å². The van der Waals surface area contributed by atoms with Gasteiger partial charge >= 0.3 is 0 Å². The molecule has 1 atom stereocenters. The molecule has 0 saturated carbocycles. The molecular formula is C26H24BrN5O5. The highest BCUT2D eigenvalue weighted by molar-refractivity contribution is 9.10. The van der Waals surface area contributed by atoms with E-state index in [1.807, 2.05) is 32.9 Å². The van der Waals surface area contributed by atoms with E-state index < -0.39 is 4.92 Å². The molecule has 37 heavy (non-hydrogen) atoms. The Kier molecular flexibility index (Phi) is 7.92. The van der Waals surface area contributed by atoms with E-state index in [0.29, 0.717) is 40.4 Å².